The smallest absolute Gasteiger partial charge is 0.128 e. The highest BCUT2D eigenvalue weighted by molar-refractivity contribution is 5.85. The number of halogens is 2. The van der Waals surface area contributed by atoms with Gasteiger partial charge in [-0.15, -0.1) is 12.4 Å². The van der Waals surface area contributed by atoms with E-state index < -0.39 is 18.0 Å². The maximum Gasteiger partial charge on any atom is 0.128 e. The molecule has 0 unspecified atom stereocenters. The molecular formula is C11H17ClFNO2. The fraction of sp³-hybridized carbons (Fsp3) is 0.455. The zero-order valence-electron chi connectivity index (χ0n) is 9.31. The monoisotopic (exact) mass is 249 g/mol. The largest absolute Gasteiger partial charge is 0.497 e. The van der Waals surface area contributed by atoms with Gasteiger partial charge in [-0.2, -0.15) is 0 Å². The van der Waals surface area contributed by atoms with Crippen molar-refractivity contribution in [1.82, 2.24) is 0 Å². The molecule has 0 radical (unpaired) electrons. The first kappa shape index (κ1) is 15.2. The Morgan fingerprint density at radius 3 is 2.62 bits per heavy atom. The molecular weight excluding hydrogens is 233 g/mol. The van der Waals surface area contributed by atoms with E-state index in [1.54, 1.807) is 6.92 Å². The predicted molar refractivity (Wildman–Crippen MR) is 63.4 cm³/mol. The van der Waals surface area contributed by atoms with Crippen LogP contribution in [0, 0.1) is 5.82 Å². The number of hydrogen-bond acceptors (Lipinski definition) is 3. The van der Waals surface area contributed by atoms with E-state index in [2.05, 4.69) is 0 Å². The highest BCUT2D eigenvalue weighted by Gasteiger charge is 2.19. The van der Waals surface area contributed by atoms with Crippen molar-refractivity contribution >= 4 is 12.4 Å². The van der Waals surface area contributed by atoms with E-state index in [-0.39, 0.29) is 18.0 Å². The molecule has 0 bridgehead atoms. The molecule has 0 aliphatic rings. The second-order valence-electron chi connectivity index (χ2n) is 3.39. The lowest BCUT2D eigenvalue weighted by Gasteiger charge is -2.18. The van der Waals surface area contributed by atoms with Gasteiger partial charge in [0.15, 0.2) is 0 Å². The first-order chi connectivity index (χ1) is 7.10. The number of rotatable bonds is 4. The summed E-state index contributed by atoms with van der Waals surface area (Å²) in [4.78, 5) is 0. The second-order valence-corrected chi connectivity index (χ2v) is 3.39. The van der Waals surface area contributed by atoms with Crippen LogP contribution < -0.4 is 10.5 Å². The van der Waals surface area contributed by atoms with Crippen LogP contribution in [-0.2, 0) is 0 Å². The minimum Gasteiger partial charge on any atom is -0.497 e. The van der Waals surface area contributed by atoms with Crippen molar-refractivity contribution in [2.45, 2.75) is 25.5 Å². The van der Waals surface area contributed by atoms with Gasteiger partial charge in [-0.1, -0.05) is 6.92 Å². The number of aliphatic hydroxyl groups is 1. The lowest BCUT2D eigenvalue weighted by Crippen LogP contribution is -2.26. The SMILES string of the molecule is CC[C@@H](O)[C@@H](N)c1cc(OC)ccc1F.Cl. The summed E-state index contributed by atoms with van der Waals surface area (Å²) in [5.41, 5.74) is 6.01. The summed E-state index contributed by atoms with van der Waals surface area (Å²) in [6.07, 6.45) is -0.260. The average Bonchev–Trinajstić information content (AvgIpc) is 2.27. The van der Waals surface area contributed by atoms with E-state index in [4.69, 9.17) is 10.5 Å². The highest BCUT2D eigenvalue weighted by Crippen LogP contribution is 2.24. The molecule has 0 saturated heterocycles. The van der Waals surface area contributed by atoms with Gasteiger partial charge in [0.1, 0.15) is 11.6 Å². The number of hydrogen-bond donors (Lipinski definition) is 2. The number of aliphatic hydroxyl groups excluding tert-OH is 1. The third-order valence-electron chi connectivity index (χ3n) is 2.40. The summed E-state index contributed by atoms with van der Waals surface area (Å²) in [7, 11) is 1.50. The summed E-state index contributed by atoms with van der Waals surface area (Å²) in [6, 6.07) is 3.60. The molecule has 1 aromatic carbocycles. The topological polar surface area (TPSA) is 55.5 Å². The minimum atomic E-state index is -0.744. The van der Waals surface area contributed by atoms with Crippen LogP contribution in [0.5, 0.6) is 5.75 Å². The van der Waals surface area contributed by atoms with Crippen molar-refractivity contribution in [2.75, 3.05) is 7.11 Å². The Morgan fingerprint density at radius 2 is 2.12 bits per heavy atom. The fourth-order valence-corrected chi connectivity index (χ4v) is 1.37. The van der Waals surface area contributed by atoms with Gasteiger partial charge >= 0.3 is 0 Å². The van der Waals surface area contributed by atoms with Crippen LogP contribution in [0.15, 0.2) is 18.2 Å². The molecule has 92 valence electrons. The van der Waals surface area contributed by atoms with E-state index in [0.29, 0.717) is 12.2 Å². The molecule has 0 fully saturated rings. The quantitative estimate of drug-likeness (QED) is 0.859. The Balaban J connectivity index is 0.00000225. The standard InChI is InChI=1S/C11H16FNO2.ClH/c1-3-10(14)11(13)8-6-7(15-2)4-5-9(8)12;/h4-6,10-11,14H,3,13H2,1-2H3;1H/t10-,11+;/m1./s1. The first-order valence-electron chi connectivity index (χ1n) is 4.87. The zero-order valence-corrected chi connectivity index (χ0v) is 10.1. The van der Waals surface area contributed by atoms with Gasteiger partial charge in [-0.3, -0.25) is 0 Å². The third kappa shape index (κ3) is 3.33. The molecule has 0 saturated carbocycles. The van der Waals surface area contributed by atoms with Crippen molar-refractivity contribution in [3.05, 3.63) is 29.6 Å². The van der Waals surface area contributed by atoms with Gasteiger partial charge in [0.25, 0.3) is 0 Å². The molecule has 1 aromatic rings. The summed E-state index contributed by atoms with van der Waals surface area (Å²) >= 11 is 0. The number of benzene rings is 1. The Morgan fingerprint density at radius 1 is 1.50 bits per heavy atom. The van der Waals surface area contributed by atoms with E-state index in [9.17, 15) is 9.50 Å². The van der Waals surface area contributed by atoms with Crippen molar-refractivity contribution in [1.29, 1.82) is 0 Å². The predicted octanol–water partition coefficient (Wildman–Crippen LogP) is 2.03. The van der Waals surface area contributed by atoms with Crippen LogP contribution in [0.4, 0.5) is 4.39 Å². The number of nitrogens with two attached hydrogens (primary N) is 1. The van der Waals surface area contributed by atoms with E-state index in [1.807, 2.05) is 0 Å². The van der Waals surface area contributed by atoms with Gasteiger partial charge in [-0.05, 0) is 24.6 Å². The molecule has 0 aromatic heterocycles. The van der Waals surface area contributed by atoms with Crippen LogP contribution in [-0.4, -0.2) is 18.3 Å². The maximum absolute atomic E-state index is 13.4. The molecule has 3 N–H and O–H groups in total. The lowest BCUT2D eigenvalue weighted by molar-refractivity contribution is 0.139. The molecule has 16 heavy (non-hydrogen) atoms. The average molecular weight is 250 g/mol. The summed E-state index contributed by atoms with van der Waals surface area (Å²) in [6.45, 7) is 1.79. The normalized spacial score (nSPS) is 13.8. The van der Waals surface area contributed by atoms with Crippen LogP contribution in [0.25, 0.3) is 0 Å². The zero-order chi connectivity index (χ0) is 11.4. The first-order valence-corrected chi connectivity index (χ1v) is 4.87. The van der Waals surface area contributed by atoms with Gasteiger partial charge in [0.2, 0.25) is 0 Å². The van der Waals surface area contributed by atoms with Crippen molar-refractivity contribution in [3.63, 3.8) is 0 Å². The van der Waals surface area contributed by atoms with Crippen molar-refractivity contribution in [2.24, 2.45) is 5.73 Å². The van der Waals surface area contributed by atoms with E-state index in [1.165, 1.54) is 25.3 Å². The highest BCUT2D eigenvalue weighted by atomic mass is 35.5. The molecule has 0 heterocycles. The molecule has 5 heteroatoms. The number of ether oxygens (including phenoxy) is 1. The molecule has 0 aliphatic carbocycles. The van der Waals surface area contributed by atoms with E-state index >= 15 is 0 Å². The molecule has 3 nitrogen and oxygen atoms in total. The van der Waals surface area contributed by atoms with Gasteiger partial charge in [-0.25, -0.2) is 4.39 Å². The Bertz CT molecular complexity index is 336. The molecule has 1 rings (SSSR count). The Labute approximate surface area is 101 Å². The van der Waals surface area contributed by atoms with E-state index in [0.717, 1.165) is 0 Å². The molecule has 0 aliphatic heterocycles. The molecule has 0 amide bonds. The Hall–Kier alpha value is -0.840. The number of methoxy groups -OCH3 is 1. The lowest BCUT2D eigenvalue weighted by atomic mass is 10.00. The van der Waals surface area contributed by atoms with Crippen LogP contribution >= 0.6 is 12.4 Å². The maximum atomic E-state index is 13.4. The van der Waals surface area contributed by atoms with Crippen LogP contribution in [0.2, 0.25) is 0 Å². The van der Waals surface area contributed by atoms with Crippen LogP contribution in [0.3, 0.4) is 0 Å². The van der Waals surface area contributed by atoms with Gasteiger partial charge < -0.3 is 15.6 Å². The van der Waals surface area contributed by atoms with Crippen molar-refractivity contribution in [3.8, 4) is 5.75 Å². The van der Waals surface area contributed by atoms with Crippen LogP contribution in [0.1, 0.15) is 24.9 Å². The van der Waals surface area contributed by atoms with Crippen molar-refractivity contribution < 1.29 is 14.2 Å². The molecule has 2 atom stereocenters. The third-order valence-corrected chi connectivity index (χ3v) is 2.40. The summed E-state index contributed by atoms with van der Waals surface area (Å²) in [5, 5.41) is 9.54. The summed E-state index contributed by atoms with van der Waals surface area (Å²) < 4.78 is 18.4. The van der Waals surface area contributed by atoms with Gasteiger partial charge in [0.05, 0.1) is 19.3 Å². The van der Waals surface area contributed by atoms with Gasteiger partial charge in [0, 0.05) is 5.56 Å². The minimum absolute atomic E-state index is 0. The summed E-state index contributed by atoms with van der Waals surface area (Å²) in [5.74, 6) is 0.112. The Kier molecular flexibility index (Phi) is 6.33. The second kappa shape index (κ2) is 6.68. The fourth-order valence-electron chi connectivity index (χ4n) is 1.37. The molecule has 0 spiro atoms.